The van der Waals surface area contributed by atoms with Gasteiger partial charge in [-0.05, 0) is 6.92 Å². The molecule has 0 radical (unpaired) electrons. The van der Waals surface area contributed by atoms with E-state index in [1.165, 1.54) is 6.34 Å². The summed E-state index contributed by atoms with van der Waals surface area (Å²) in [4.78, 5) is 11.2. The number of hydrogen-bond donors (Lipinski definition) is 1. The molecule has 0 aliphatic rings. The molecule has 0 unspecified atom stereocenters. The smallest absolute Gasteiger partial charge is 0.150 e. The molecule has 4 nitrogen and oxygen atoms in total. The second-order valence-electron chi connectivity index (χ2n) is 1.72. The normalized spacial score (nSPS) is 13.1. The van der Waals surface area contributed by atoms with Crippen LogP contribution in [-0.4, -0.2) is 25.4 Å². The van der Waals surface area contributed by atoms with Crippen LogP contribution in [0.3, 0.4) is 0 Å². The van der Waals surface area contributed by atoms with E-state index < -0.39 is 0 Å². The van der Waals surface area contributed by atoms with Crippen molar-refractivity contribution >= 4 is 18.4 Å². The zero-order valence-corrected chi connectivity index (χ0v) is 6.78. The Morgan fingerprint density at radius 2 is 2.18 bits per heavy atom. The summed E-state index contributed by atoms with van der Waals surface area (Å²) < 4.78 is 0. The fourth-order valence-corrected chi connectivity index (χ4v) is 0.416. The Kier molecular flexibility index (Phi) is 4.64. The molecule has 60 valence electrons. The second-order valence-corrected chi connectivity index (χ2v) is 1.72. The Labute approximate surface area is 66.3 Å². The van der Waals surface area contributed by atoms with E-state index in [9.17, 15) is 0 Å². The van der Waals surface area contributed by atoms with Crippen molar-refractivity contribution < 1.29 is 0 Å². The van der Waals surface area contributed by atoms with Crippen LogP contribution in [0.2, 0.25) is 0 Å². The zero-order chi connectivity index (χ0) is 8.69. The molecule has 0 atom stereocenters. The summed E-state index contributed by atoms with van der Waals surface area (Å²) in [5.41, 5.74) is 5.89. The quantitative estimate of drug-likeness (QED) is 0.467. The van der Waals surface area contributed by atoms with Crippen molar-refractivity contribution in [1.29, 1.82) is 0 Å². The highest BCUT2D eigenvalue weighted by Crippen LogP contribution is 1.89. The molecule has 0 aliphatic carbocycles. The molecule has 0 spiro atoms. The summed E-state index contributed by atoms with van der Waals surface area (Å²) >= 11 is 0. The van der Waals surface area contributed by atoms with E-state index in [0.29, 0.717) is 5.70 Å². The molecule has 0 heterocycles. The van der Waals surface area contributed by atoms with Gasteiger partial charge in [0.25, 0.3) is 0 Å². The molecule has 0 aromatic carbocycles. The number of nitrogens with two attached hydrogens (primary N) is 1. The van der Waals surface area contributed by atoms with Crippen LogP contribution in [-0.2, 0) is 0 Å². The Balaban J connectivity index is 4.23. The van der Waals surface area contributed by atoms with Gasteiger partial charge < -0.3 is 5.73 Å². The van der Waals surface area contributed by atoms with Gasteiger partial charge in [-0.2, -0.15) is 0 Å². The maximum atomic E-state index is 5.43. The molecular weight excluding hydrogens is 140 g/mol. The fourth-order valence-electron chi connectivity index (χ4n) is 0.416. The lowest BCUT2D eigenvalue weighted by atomic mass is 10.5. The summed E-state index contributed by atoms with van der Waals surface area (Å²) in [6.07, 6.45) is 2.96. The lowest BCUT2D eigenvalue weighted by molar-refractivity contribution is 1.40. The highest BCUT2D eigenvalue weighted by molar-refractivity contribution is 6.00. The highest BCUT2D eigenvalue weighted by atomic mass is 14.9. The van der Waals surface area contributed by atoms with Crippen molar-refractivity contribution in [3.63, 3.8) is 0 Å². The van der Waals surface area contributed by atoms with E-state index in [1.807, 2.05) is 0 Å². The first-order valence-corrected chi connectivity index (χ1v) is 3.14. The monoisotopic (exact) mass is 152 g/mol. The molecular formula is C7H12N4. The average molecular weight is 152 g/mol. The van der Waals surface area contributed by atoms with E-state index >= 15 is 0 Å². The zero-order valence-electron chi connectivity index (χ0n) is 6.78. The minimum Gasteiger partial charge on any atom is -0.382 e. The van der Waals surface area contributed by atoms with Gasteiger partial charge in [-0.25, -0.2) is 4.99 Å². The van der Waals surface area contributed by atoms with Gasteiger partial charge >= 0.3 is 0 Å². The molecule has 11 heavy (non-hydrogen) atoms. The van der Waals surface area contributed by atoms with E-state index in [0.717, 1.165) is 0 Å². The van der Waals surface area contributed by atoms with Crippen molar-refractivity contribution in [3.05, 3.63) is 12.3 Å². The first kappa shape index (κ1) is 9.55. The number of amidine groups is 1. The van der Waals surface area contributed by atoms with Crippen LogP contribution in [0.25, 0.3) is 0 Å². The van der Waals surface area contributed by atoms with Crippen molar-refractivity contribution in [2.75, 3.05) is 7.05 Å². The molecule has 0 bridgehead atoms. The lowest BCUT2D eigenvalue weighted by Crippen LogP contribution is -2.12. The van der Waals surface area contributed by atoms with Gasteiger partial charge in [0.15, 0.2) is 5.84 Å². The Bertz CT molecular complexity index is 212. The average Bonchev–Trinajstić information content (AvgIpc) is 2.00. The summed E-state index contributed by atoms with van der Waals surface area (Å²) in [5.74, 6) is 0.286. The van der Waals surface area contributed by atoms with Crippen molar-refractivity contribution in [1.82, 2.24) is 0 Å². The summed E-state index contributed by atoms with van der Waals surface area (Å²) in [6, 6.07) is 0. The predicted octanol–water partition coefficient (Wildman–Crippen LogP) is 0.606. The molecule has 0 saturated heterocycles. The third kappa shape index (κ3) is 4.02. The molecule has 0 amide bonds. The molecule has 0 aromatic rings. The van der Waals surface area contributed by atoms with Crippen LogP contribution in [0.1, 0.15) is 6.92 Å². The van der Waals surface area contributed by atoms with E-state index in [-0.39, 0.29) is 5.84 Å². The SMILES string of the molecule is C=C(N=CC)C(N)=NC=NC. The summed E-state index contributed by atoms with van der Waals surface area (Å²) in [6.45, 7) is 5.37. The molecule has 4 heteroatoms. The minimum atomic E-state index is 0.286. The van der Waals surface area contributed by atoms with E-state index in [2.05, 4.69) is 21.6 Å². The van der Waals surface area contributed by atoms with Gasteiger partial charge in [0.2, 0.25) is 0 Å². The predicted molar refractivity (Wildman–Crippen MR) is 49.3 cm³/mol. The van der Waals surface area contributed by atoms with Gasteiger partial charge in [0, 0.05) is 13.3 Å². The van der Waals surface area contributed by atoms with Gasteiger partial charge in [-0.1, -0.05) is 6.58 Å². The first-order chi connectivity index (χ1) is 5.22. The third-order valence-electron chi connectivity index (χ3n) is 0.893. The van der Waals surface area contributed by atoms with Gasteiger partial charge in [-0.15, -0.1) is 0 Å². The van der Waals surface area contributed by atoms with Crippen LogP contribution in [0.15, 0.2) is 27.3 Å². The summed E-state index contributed by atoms with van der Waals surface area (Å²) in [5, 5.41) is 0. The molecule has 0 aliphatic heterocycles. The Morgan fingerprint density at radius 1 is 1.55 bits per heavy atom. The topological polar surface area (TPSA) is 63.1 Å². The van der Waals surface area contributed by atoms with Crippen molar-refractivity contribution in [2.45, 2.75) is 6.92 Å². The highest BCUT2D eigenvalue weighted by Gasteiger charge is 1.92. The van der Waals surface area contributed by atoms with E-state index in [4.69, 9.17) is 5.73 Å². The first-order valence-electron chi connectivity index (χ1n) is 3.14. The minimum absolute atomic E-state index is 0.286. The number of aliphatic imine (C=N–C) groups is 3. The Hall–Kier alpha value is -1.45. The lowest BCUT2D eigenvalue weighted by Gasteiger charge is -1.94. The summed E-state index contributed by atoms with van der Waals surface area (Å²) in [7, 11) is 1.61. The van der Waals surface area contributed by atoms with Crippen LogP contribution < -0.4 is 5.73 Å². The van der Waals surface area contributed by atoms with Crippen LogP contribution in [0.5, 0.6) is 0 Å². The van der Waals surface area contributed by atoms with Gasteiger partial charge in [-0.3, -0.25) is 9.98 Å². The maximum absolute atomic E-state index is 5.43. The number of rotatable bonds is 3. The molecule has 0 fully saturated rings. The largest absolute Gasteiger partial charge is 0.382 e. The van der Waals surface area contributed by atoms with Crippen LogP contribution >= 0.6 is 0 Å². The molecule has 2 N–H and O–H groups in total. The standard InChI is InChI=1S/C7H12N4/c1-4-10-6(2)7(8)11-5-9-3/h4-5H,2H2,1,3H3,(H2,8,9,11). The second kappa shape index (κ2) is 5.34. The number of hydrogen-bond acceptors (Lipinski definition) is 2. The maximum Gasteiger partial charge on any atom is 0.150 e. The number of nitrogens with zero attached hydrogens (tertiary/aromatic N) is 3. The van der Waals surface area contributed by atoms with Crippen molar-refractivity contribution in [2.24, 2.45) is 20.7 Å². The Morgan fingerprint density at radius 3 is 2.64 bits per heavy atom. The fraction of sp³-hybridized carbons (Fsp3) is 0.286. The van der Waals surface area contributed by atoms with Crippen molar-refractivity contribution in [3.8, 4) is 0 Å². The van der Waals surface area contributed by atoms with E-state index in [1.54, 1.807) is 20.2 Å². The van der Waals surface area contributed by atoms with Crippen LogP contribution in [0, 0.1) is 0 Å². The molecule has 0 rings (SSSR count). The molecule has 0 saturated carbocycles. The third-order valence-corrected chi connectivity index (χ3v) is 0.893. The van der Waals surface area contributed by atoms with Crippen LogP contribution in [0.4, 0.5) is 0 Å². The van der Waals surface area contributed by atoms with Gasteiger partial charge in [0.05, 0.1) is 5.70 Å². The molecule has 0 aromatic heterocycles. The van der Waals surface area contributed by atoms with Gasteiger partial charge in [0.1, 0.15) is 6.34 Å².